The number of halogens is 1. The number of nitrogens with one attached hydrogen (secondary N) is 1. The fourth-order valence-electron chi connectivity index (χ4n) is 1.59. The molecule has 2 rings (SSSR count). The van der Waals surface area contributed by atoms with Gasteiger partial charge in [-0.25, -0.2) is 4.98 Å². The van der Waals surface area contributed by atoms with E-state index in [2.05, 4.69) is 25.9 Å². The first-order valence-electron chi connectivity index (χ1n) is 5.47. The molecule has 0 amide bonds. The molecule has 0 aliphatic heterocycles. The van der Waals surface area contributed by atoms with Gasteiger partial charge >= 0.3 is 0 Å². The van der Waals surface area contributed by atoms with Gasteiger partial charge in [-0.2, -0.15) is 0 Å². The zero-order valence-electron chi connectivity index (χ0n) is 9.75. The Kier molecular flexibility index (Phi) is 3.43. The van der Waals surface area contributed by atoms with Gasteiger partial charge in [-0.1, -0.05) is 36.8 Å². The van der Waals surface area contributed by atoms with E-state index < -0.39 is 0 Å². The summed E-state index contributed by atoms with van der Waals surface area (Å²) in [5.41, 5.74) is 2.76. The number of aromatic amines is 1. The highest BCUT2D eigenvalue weighted by Gasteiger charge is 2.08. The highest BCUT2D eigenvalue weighted by atomic mass is 79.9. The van der Waals surface area contributed by atoms with Crippen molar-refractivity contribution in [3.63, 3.8) is 0 Å². The lowest BCUT2D eigenvalue weighted by Crippen LogP contribution is -2.13. The minimum absolute atomic E-state index is 0.132. The lowest BCUT2D eigenvalue weighted by atomic mass is 10.1. The van der Waals surface area contributed by atoms with Crippen LogP contribution in [-0.2, 0) is 6.42 Å². The lowest BCUT2D eigenvalue weighted by molar-refractivity contribution is 0.970. The molecular weight excluding hydrogens is 280 g/mol. The third kappa shape index (κ3) is 2.47. The van der Waals surface area contributed by atoms with E-state index in [1.54, 1.807) is 0 Å². The number of aromatic nitrogens is 2. The van der Waals surface area contributed by atoms with Crippen molar-refractivity contribution in [2.24, 2.45) is 0 Å². The van der Waals surface area contributed by atoms with Crippen LogP contribution >= 0.6 is 15.9 Å². The summed E-state index contributed by atoms with van der Waals surface area (Å²) < 4.78 is 0.524. The maximum absolute atomic E-state index is 11.7. The largest absolute Gasteiger partial charge is 0.306 e. The standard InChI is InChI=1S/C13H13BrN2O/c1-3-10-11(14)13(17)16-12(15-10)9-6-4-8(2)5-7-9/h4-7H,3H2,1-2H3,(H,15,16,17). The summed E-state index contributed by atoms with van der Waals surface area (Å²) in [5, 5.41) is 0. The van der Waals surface area contributed by atoms with E-state index in [0.29, 0.717) is 10.3 Å². The summed E-state index contributed by atoms with van der Waals surface area (Å²) in [6.45, 7) is 4.00. The number of benzene rings is 1. The van der Waals surface area contributed by atoms with Gasteiger partial charge in [-0.3, -0.25) is 4.79 Å². The average molecular weight is 293 g/mol. The molecule has 0 fully saturated rings. The SMILES string of the molecule is CCc1nc(-c2ccc(C)cc2)[nH]c(=O)c1Br. The Hall–Kier alpha value is -1.42. The van der Waals surface area contributed by atoms with Crippen molar-refractivity contribution >= 4 is 15.9 Å². The Morgan fingerprint density at radius 2 is 1.94 bits per heavy atom. The van der Waals surface area contributed by atoms with E-state index in [1.165, 1.54) is 5.56 Å². The quantitative estimate of drug-likeness (QED) is 0.925. The van der Waals surface area contributed by atoms with Crippen molar-refractivity contribution in [2.45, 2.75) is 20.3 Å². The van der Waals surface area contributed by atoms with Crippen LogP contribution in [0.4, 0.5) is 0 Å². The van der Waals surface area contributed by atoms with Gasteiger partial charge in [-0.15, -0.1) is 0 Å². The molecule has 88 valence electrons. The number of hydrogen-bond acceptors (Lipinski definition) is 2. The first-order chi connectivity index (χ1) is 8.11. The van der Waals surface area contributed by atoms with E-state index >= 15 is 0 Å². The molecule has 4 heteroatoms. The molecule has 17 heavy (non-hydrogen) atoms. The zero-order valence-corrected chi connectivity index (χ0v) is 11.3. The Labute approximate surface area is 108 Å². The van der Waals surface area contributed by atoms with Crippen molar-refractivity contribution in [1.29, 1.82) is 0 Å². The van der Waals surface area contributed by atoms with Gasteiger partial charge < -0.3 is 4.98 Å². The highest BCUT2D eigenvalue weighted by molar-refractivity contribution is 9.10. The summed E-state index contributed by atoms with van der Waals surface area (Å²) >= 11 is 3.25. The predicted octanol–water partition coefficient (Wildman–Crippen LogP) is 3.07. The van der Waals surface area contributed by atoms with Crippen LogP contribution in [0.2, 0.25) is 0 Å². The molecule has 3 nitrogen and oxygen atoms in total. The van der Waals surface area contributed by atoms with E-state index in [9.17, 15) is 4.79 Å². The van der Waals surface area contributed by atoms with Crippen molar-refractivity contribution < 1.29 is 0 Å². The monoisotopic (exact) mass is 292 g/mol. The molecule has 1 aromatic carbocycles. The molecule has 0 saturated carbocycles. The molecule has 0 atom stereocenters. The molecule has 1 heterocycles. The molecule has 1 aromatic heterocycles. The third-order valence-electron chi connectivity index (χ3n) is 2.59. The summed E-state index contributed by atoms with van der Waals surface area (Å²) in [4.78, 5) is 18.9. The van der Waals surface area contributed by atoms with Gasteiger partial charge in [0.15, 0.2) is 0 Å². The molecule has 1 N–H and O–H groups in total. The number of hydrogen-bond donors (Lipinski definition) is 1. The molecule has 0 bridgehead atoms. The van der Waals surface area contributed by atoms with E-state index in [0.717, 1.165) is 17.7 Å². The Bertz CT molecular complexity index is 587. The molecule has 2 aromatic rings. The van der Waals surface area contributed by atoms with Gasteiger partial charge in [-0.05, 0) is 29.3 Å². The van der Waals surface area contributed by atoms with Crippen molar-refractivity contribution in [1.82, 2.24) is 9.97 Å². The lowest BCUT2D eigenvalue weighted by Gasteiger charge is -2.05. The molecule has 0 saturated heterocycles. The predicted molar refractivity (Wildman–Crippen MR) is 72.1 cm³/mol. The fourth-order valence-corrected chi connectivity index (χ4v) is 2.06. The fraction of sp³-hybridized carbons (Fsp3) is 0.231. The number of H-pyrrole nitrogens is 1. The summed E-state index contributed by atoms with van der Waals surface area (Å²) in [6.07, 6.45) is 0.726. The second kappa shape index (κ2) is 4.84. The van der Waals surface area contributed by atoms with Crippen molar-refractivity contribution in [3.05, 3.63) is 50.3 Å². The van der Waals surface area contributed by atoms with Gasteiger partial charge in [0.1, 0.15) is 10.3 Å². The minimum Gasteiger partial charge on any atom is -0.306 e. The second-order valence-corrected chi connectivity index (χ2v) is 4.69. The Balaban J connectivity index is 2.56. The van der Waals surface area contributed by atoms with E-state index in [-0.39, 0.29) is 5.56 Å². The van der Waals surface area contributed by atoms with Crippen LogP contribution in [0.3, 0.4) is 0 Å². The first kappa shape index (κ1) is 12.0. The molecule has 0 radical (unpaired) electrons. The molecule has 0 aliphatic carbocycles. The van der Waals surface area contributed by atoms with Gasteiger partial charge in [0, 0.05) is 5.56 Å². The van der Waals surface area contributed by atoms with Crippen LogP contribution in [0.25, 0.3) is 11.4 Å². The van der Waals surface area contributed by atoms with Gasteiger partial charge in [0.2, 0.25) is 0 Å². The Morgan fingerprint density at radius 1 is 1.29 bits per heavy atom. The zero-order chi connectivity index (χ0) is 12.4. The van der Waals surface area contributed by atoms with E-state index in [4.69, 9.17) is 0 Å². The smallest absolute Gasteiger partial charge is 0.265 e. The van der Waals surface area contributed by atoms with Crippen LogP contribution in [-0.4, -0.2) is 9.97 Å². The molecule has 0 unspecified atom stereocenters. The average Bonchev–Trinajstić information content (AvgIpc) is 2.33. The normalized spacial score (nSPS) is 10.5. The molecule has 0 aliphatic rings. The minimum atomic E-state index is -0.132. The summed E-state index contributed by atoms with van der Waals surface area (Å²) in [5.74, 6) is 0.620. The van der Waals surface area contributed by atoms with Crippen LogP contribution in [0, 0.1) is 6.92 Å². The van der Waals surface area contributed by atoms with Crippen LogP contribution in [0.5, 0.6) is 0 Å². The number of nitrogens with zero attached hydrogens (tertiary/aromatic N) is 1. The summed E-state index contributed by atoms with van der Waals surface area (Å²) in [6, 6.07) is 7.92. The van der Waals surface area contributed by atoms with Crippen molar-refractivity contribution in [2.75, 3.05) is 0 Å². The van der Waals surface area contributed by atoms with Gasteiger partial charge in [0.05, 0.1) is 5.69 Å². The number of aryl methyl sites for hydroxylation is 2. The van der Waals surface area contributed by atoms with Crippen molar-refractivity contribution in [3.8, 4) is 11.4 Å². The first-order valence-corrected chi connectivity index (χ1v) is 6.27. The Morgan fingerprint density at radius 3 is 2.53 bits per heavy atom. The second-order valence-electron chi connectivity index (χ2n) is 3.89. The van der Waals surface area contributed by atoms with Gasteiger partial charge in [0.25, 0.3) is 5.56 Å². The van der Waals surface area contributed by atoms with Crippen LogP contribution < -0.4 is 5.56 Å². The molecular formula is C13H13BrN2O. The molecule has 0 spiro atoms. The van der Waals surface area contributed by atoms with E-state index in [1.807, 2.05) is 38.1 Å². The van der Waals surface area contributed by atoms with Crippen LogP contribution in [0.15, 0.2) is 33.5 Å². The summed E-state index contributed by atoms with van der Waals surface area (Å²) in [7, 11) is 0. The number of rotatable bonds is 2. The van der Waals surface area contributed by atoms with Crippen LogP contribution in [0.1, 0.15) is 18.2 Å². The maximum Gasteiger partial charge on any atom is 0.265 e. The topological polar surface area (TPSA) is 45.8 Å². The third-order valence-corrected chi connectivity index (χ3v) is 3.41. The highest BCUT2D eigenvalue weighted by Crippen LogP contribution is 2.17. The maximum atomic E-state index is 11.7.